The highest BCUT2D eigenvalue weighted by Crippen LogP contribution is 2.27. The van der Waals surface area contributed by atoms with Crippen LogP contribution in [0.1, 0.15) is 50.8 Å². The van der Waals surface area contributed by atoms with Gasteiger partial charge >= 0.3 is 0 Å². The zero-order chi connectivity index (χ0) is 30.8. The molecule has 1 aromatic heterocycles. The smallest absolute Gasteiger partial charge is 0.250 e. The Balaban J connectivity index is 1.51. The normalized spacial score (nSPS) is 16.5. The van der Waals surface area contributed by atoms with E-state index in [-0.39, 0.29) is 36.9 Å². The standard InChI is InChI=1S/C32H41N5O6/c1-32(2,3)31(40)34-26(21-42-19-23-12-7-5-8-13-23)29(38)35-27-18-36(22-33-27)28(24-14-9-6-10-15-24)30(39)37-17-11-16-25(37)20-43-41-4/h5-10,12-15,18,22,25-26,28H,11,16-17,19-21H2,1-4H3,(H,34,40)(H,35,38). The third-order valence-corrected chi connectivity index (χ3v) is 7.24. The molecule has 4 rings (SSSR count). The van der Waals surface area contributed by atoms with Crippen LogP contribution in [-0.2, 0) is 35.5 Å². The zero-order valence-corrected chi connectivity index (χ0v) is 25.2. The van der Waals surface area contributed by atoms with Crippen LogP contribution in [0.2, 0.25) is 0 Å². The van der Waals surface area contributed by atoms with Gasteiger partial charge in [-0.25, -0.2) is 14.8 Å². The second-order valence-electron chi connectivity index (χ2n) is 11.6. The van der Waals surface area contributed by atoms with Crippen molar-refractivity contribution in [2.45, 2.75) is 58.3 Å². The minimum Gasteiger partial charge on any atom is -0.374 e. The van der Waals surface area contributed by atoms with E-state index in [1.165, 1.54) is 13.4 Å². The average molecular weight is 592 g/mol. The highest BCUT2D eigenvalue weighted by molar-refractivity contribution is 5.97. The summed E-state index contributed by atoms with van der Waals surface area (Å²) in [6.07, 6.45) is 4.83. The van der Waals surface area contributed by atoms with E-state index in [0.29, 0.717) is 13.2 Å². The number of nitrogens with zero attached hydrogens (tertiary/aromatic N) is 3. The lowest BCUT2D eigenvalue weighted by atomic mass is 9.95. The maximum atomic E-state index is 13.9. The number of likely N-dealkylation sites (tertiary alicyclic amines) is 1. The minimum absolute atomic E-state index is 0.0335. The molecule has 1 aliphatic heterocycles. The van der Waals surface area contributed by atoms with E-state index in [1.807, 2.05) is 65.6 Å². The largest absolute Gasteiger partial charge is 0.374 e. The fourth-order valence-electron chi connectivity index (χ4n) is 4.86. The van der Waals surface area contributed by atoms with Gasteiger partial charge in [-0.1, -0.05) is 81.4 Å². The third-order valence-electron chi connectivity index (χ3n) is 7.24. The second kappa shape index (κ2) is 14.9. The third kappa shape index (κ3) is 8.73. The Kier molecular flexibility index (Phi) is 11.0. The number of ether oxygens (including phenoxy) is 1. The predicted octanol–water partition coefficient (Wildman–Crippen LogP) is 3.73. The SMILES string of the molecule is COOCC1CCCN1C(=O)C(c1ccccc1)n1cnc(NC(=O)C(COCc2ccccc2)NC(=O)C(C)(C)C)c1. The zero-order valence-electron chi connectivity index (χ0n) is 25.2. The first kappa shape index (κ1) is 31.9. The van der Waals surface area contributed by atoms with Crippen molar-refractivity contribution in [2.24, 2.45) is 5.41 Å². The molecule has 11 heteroatoms. The number of benzene rings is 2. The van der Waals surface area contributed by atoms with Crippen LogP contribution in [0.15, 0.2) is 73.2 Å². The Morgan fingerprint density at radius 1 is 1.05 bits per heavy atom. The molecule has 3 amide bonds. The Hall–Kier alpha value is -4.06. The Labute approximate surface area is 252 Å². The number of rotatable bonds is 13. The van der Waals surface area contributed by atoms with Crippen molar-refractivity contribution in [2.75, 3.05) is 32.2 Å². The molecule has 230 valence electrons. The van der Waals surface area contributed by atoms with Crippen LogP contribution in [0.25, 0.3) is 0 Å². The van der Waals surface area contributed by atoms with Gasteiger partial charge in [-0.05, 0) is 24.0 Å². The molecule has 3 atom stereocenters. The summed E-state index contributed by atoms with van der Waals surface area (Å²) >= 11 is 0. The summed E-state index contributed by atoms with van der Waals surface area (Å²) in [4.78, 5) is 56.3. The molecule has 0 bridgehead atoms. The molecule has 3 aromatic rings. The van der Waals surface area contributed by atoms with Crippen LogP contribution < -0.4 is 10.6 Å². The Morgan fingerprint density at radius 3 is 2.42 bits per heavy atom. The molecule has 0 radical (unpaired) electrons. The number of anilines is 1. The van der Waals surface area contributed by atoms with Crippen LogP contribution >= 0.6 is 0 Å². The molecule has 2 heterocycles. The molecule has 1 saturated heterocycles. The van der Waals surface area contributed by atoms with Gasteiger partial charge in [0.25, 0.3) is 11.8 Å². The first-order valence-corrected chi connectivity index (χ1v) is 14.5. The van der Waals surface area contributed by atoms with Gasteiger partial charge in [-0.15, -0.1) is 0 Å². The predicted molar refractivity (Wildman–Crippen MR) is 161 cm³/mol. The van der Waals surface area contributed by atoms with Crippen LogP contribution in [-0.4, -0.2) is 71.1 Å². The molecular formula is C32H41N5O6. The van der Waals surface area contributed by atoms with E-state index >= 15 is 0 Å². The van der Waals surface area contributed by atoms with Gasteiger partial charge in [0.1, 0.15) is 18.7 Å². The maximum Gasteiger partial charge on any atom is 0.250 e. The van der Waals surface area contributed by atoms with Crippen molar-refractivity contribution >= 4 is 23.5 Å². The second-order valence-corrected chi connectivity index (χ2v) is 11.6. The highest BCUT2D eigenvalue weighted by atomic mass is 17.2. The highest BCUT2D eigenvalue weighted by Gasteiger charge is 2.35. The van der Waals surface area contributed by atoms with E-state index in [0.717, 1.165) is 24.0 Å². The van der Waals surface area contributed by atoms with Gasteiger partial charge in [-0.2, -0.15) is 0 Å². The molecule has 0 saturated carbocycles. The lowest BCUT2D eigenvalue weighted by Crippen LogP contribution is -2.50. The summed E-state index contributed by atoms with van der Waals surface area (Å²) in [5.74, 6) is -0.616. The van der Waals surface area contributed by atoms with E-state index in [2.05, 4.69) is 15.6 Å². The van der Waals surface area contributed by atoms with Crippen molar-refractivity contribution in [3.8, 4) is 0 Å². The number of amides is 3. The molecule has 1 fully saturated rings. The van der Waals surface area contributed by atoms with E-state index in [9.17, 15) is 14.4 Å². The number of imidazole rings is 1. The van der Waals surface area contributed by atoms with Crippen molar-refractivity contribution in [1.29, 1.82) is 0 Å². The van der Waals surface area contributed by atoms with E-state index < -0.39 is 23.4 Å². The monoisotopic (exact) mass is 591 g/mol. The lowest BCUT2D eigenvalue weighted by molar-refractivity contribution is -0.278. The molecule has 1 aliphatic rings. The molecule has 2 N–H and O–H groups in total. The minimum atomic E-state index is -0.960. The summed E-state index contributed by atoms with van der Waals surface area (Å²) < 4.78 is 7.50. The van der Waals surface area contributed by atoms with Crippen LogP contribution in [0.5, 0.6) is 0 Å². The first-order valence-electron chi connectivity index (χ1n) is 14.5. The molecule has 3 unspecified atom stereocenters. The summed E-state index contributed by atoms with van der Waals surface area (Å²) in [7, 11) is 1.45. The van der Waals surface area contributed by atoms with E-state index in [1.54, 1.807) is 31.5 Å². The molecule has 0 aliphatic carbocycles. The topological polar surface area (TPSA) is 124 Å². The summed E-state index contributed by atoms with van der Waals surface area (Å²) in [5, 5.41) is 5.59. The van der Waals surface area contributed by atoms with Crippen LogP contribution in [0.4, 0.5) is 5.82 Å². The first-order chi connectivity index (χ1) is 20.7. The molecule has 0 spiro atoms. The van der Waals surface area contributed by atoms with Gasteiger partial charge in [0.15, 0.2) is 5.82 Å². The maximum absolute atomic E-state index is 13.9. The van der Waals surface area contributed by atoms with Gasteiger partial charge < -0.3 is 24.8 Å². The number of carbonyl (C=O) groups is 3. The summed E-state index contributed by atoms with van der Waals surface area (Å²) in [6, 6.07) is 17.2. The quantitative estimate of drug-likeness (QED) is 0.229. The molecule has 11 nitrogen and oxygen atoms in total. The van der Waals surface area contributed by atoms with Crippen molar-refractivity contribution in [3.63, 3.8) is 0 Å². The molecule has 2 aromatic carbocycles. The van der Waals surface area contributed by atoms with Crippen LogP contribution in [0.3, 0.4) is 0 Å². The number of aromatic nitrogens is 2. The Morgan fingerprint density at radius 2 is 1.74 bits per heavy atom. The van der Waals surface area contributed by atoms with Gasteiger partial charge in [0.2, 0.25) is 5.91 Å². The van der Waals surface area contributed by atoms with Gasteiger partial charge in [-0.3, -0.25) is 14.4 Å². The summed E-state index contributed by atoms with van der Waals surface area (Å²) in [6.45, 7) is 6.47. The number of carbonyl (C=O) groups excluding carboxylic acids is 3. The van der Waals surface area contributed by atoms with E-state index in [4.69, 9.17) is 14.5 Å². The average Bonchev–Trinajstić information content (AvgIpc) is 3.66. The fraction of sp³-hybridized carbons (Fsp3) is 0.438. The number of hydrogen-bond donors (Lipinski definition) is 2. The van der Waals surface area contributed by atoms with Crippen molar-refractivity contribution in [1.82, 2.24) is 19.8 Å². The lowest BCUT2D eigenvalue weighted by Gasteiger charge is -2.29. The molecular weight excluding hydrogens is 550 g/mol. The summed E-state index contributed by atoms with van der Waals surface area (Å²) in [5.41, 5.74) is 1.03. The van der Waals surface area contributed by atoms with Crippen molar-refractivity contribution < 1.29 is 28.9 Å². The van der Waals surface area contributed by atoms with Crippen LogP contribution in [0, 0.1) is 5.41 Å². The number of nitrogens with one attached hydrogen (secondary N) is 2. The van der Waals surface area contributed by atoms with Gasteiger partial charge in [0.05, 0.1) is 32.7 Å². The number of hydrogen-bond acceptors (Lipinski definition) is 7. The molecule has 43 heavy (non-hydrogen) atoms. The Bertz CT molecular complexity index is 1340. The van der Waals surface area contributed by atoms with Crippen molar-refractivity contribution in [3.05, 3.63) is 84.3 Å². The fourth-order valence-corrected chi connectivity index (χ4v) is 4.86. The van der Waals surface area contributed by atoms with Gasteiger partial charge in [0, 0.05) is 18.2 Å².